The van der Waals surface area contributed by atoms with Gasteiger partial charge in [0.25, 0.3) is 0 Å². The molecule has 1 aromatic rings. The lowest BCUT2D eigenvalue weighted by molar-refractivity contribution is -0.0569. The first-order chi connectivity index (χ1) is 14.8. The third kappa shape index (κ3) is 4.10. The van der Waals surface area contributed by atoms with E-state index in [1.54, 1.807) is 11.8 Å². The predicted molar refractivity (Wildman–Crippen MR) is 121 cm³/mol. The number of amides is 2. The van der Waals surface area contributed by atoms with Gasteiger partial charge in [0.2, 0.25) is 0 Å². The minimum Gasteiger partial charge on any atom is -0.381 e. The SMILES string of the molecule is CC(CN1CC2(CCC(c3ccccc3)(N(C)C)CC2)N(CC2COC2)C1=O)[SH](=O)=O. The monoisotopic (exact) mass is 449 g/mol. The molecule has 1 saturated carbocycles. The third-order valence-electron chi connectivity index (χ3n) is 7.73. The highest BCUT2D eigenvalue weighted by atomic mass is 32.2. The van der Waals surface area contributed by atoms with Crippen molar-refractivity contribution in [3.05, 3.63) is 35.9 Å². The molecular formula is C23H35N3O4S. The molecule has 4 rings (SSSR count). The van der Waals surface area contributed by atoms with Crippen LogP contribution in [-0.4, -0.2) is 86.9 Å². The molecule has 0 bridgehead atoms. The van der Waals surface area contributed by atoms with E-state index in [1.807, 2.05) is 0 Å². The second-order valence-electron chi connectivity index (χ2n) is 9.83. The first kappa shape index (κ1) is 22.6. The van der Waals surface area contributed by atoms with Gasteiger partial charge in [0.15, 0.2) is 0 Å². The Morgan fingerprint density at radius 1 is 1.13 bits per heavy atom. The van der Waals surface area contributed by atoms with E-state index in [-0.39, 0.29) is 23.7 Å². The van der Waals surface area contributed by atoms with Gasteiger partial charge in [0.05, 0.1) is 24.0 Å². The van der Waals surface area contributed by atoms with Crippen molar-refractivity contribution in [3.63, 3.8) is 0 Å². The van der Waals surface area contributed by atoms with Crippen molar-refractivity contribution >= 4 is 16.7 Å². The van der Waals surface area contributed by atoms with Gasteiger partial charge < -0.3 is 14.5 Å². The number of urea groups is 1. The summed E-state index contributed by atoms with van der Waals surface area (Å²) < 4.78 is 28.3. The fourth-order valence-electron chi connectivity index (χ4n) is 5.63. The summed E-state index contributed by atoms with van der Waals surface area (Å²) in [6.45, 7) is 4.68. The fourth-order valence-corrected chi connectivity index (χ4v) is 5.96. The summed E-state index contributed by atoms with van der Waals surface area (Å²) in [5.74, 6) is 0.379. The van der Waals surface area contributed by atoms with Crippen molar-refractivity contribution in [3.8, 4) is 0 Å². The number of carbonyl (C=O) groups is 1. The topological polar surface area (TPSA) is 70.2 Å². The molecule has 7 nitrogen and oxygen atoms in total. The Bertz CT molecular complexity index is 853. The Balaban J connectivity index is 1.58. The number of benzene rings is 1. The zero-order valence-corrected chi connectivity index (χ0v) is 19.7. The number of rotatable bonds is 7. The number of carbonyl (C=O) groups excluding carboxylic acids is 1. The van der Waals surface area contributed by atoms with Gasteiger partial charge in [-0.3, -0.25) is 4.90 Å². The molecule has 1 spiro atoms. The third-order valence-corrected chi connectivity index (χ3v) is 8.61. The van der Waals surface area contributed by atoms with E-state index >= 15 is 0 Å². The molecule has 3 aliphatic rings. The molecule has 8 heteroatoms. The van der Waals surface area contributed by atoms with Crippen LogP contribution in [0.4, 0.5) is 4.79 Å². The second-order valence-corrected chi connectivity index (χ2v) is 11.3. The molecule has 2 heterocycles. The van der Waals surface area contributed by atoms with Crippen LogP contribution in [0.1, 0.15) is 38.2 Å². The molecule has 3 fully saturated rings. The molecular weight excluding hydrogens is 414 g/mol. The molecule has 0 aromatic heterocycles. The lowest BCUT2D eigenvalue weighted by Gasteiger charge is -2.51. The Morgan fingerprint density at radius 2 is 1.77 bits per heavy atom. The van der Waals surface area contributed by atoms with Crippen molar-refractivity contribution in [2.75, 3.05) is 46.9 Å². The van der Waals surface area contributed by atoms with Crippen molar-refractivity contribution in [2.45, 2.75) is 48.9 Å². The van der Waals surface area contributed by atoms with Crippen LogP contribution in [0.3, 0.4) is 0 Å². The van der Waals surface area contributed by atoms with Crippen LogP contribution < -0.4 is 0 Å². The van der Waals surface area contributed by atoms with Gasteiger partial charge in [-0.25, -0.2) is 13.2 Å². The first-order valence-electron chi connectivity index (χ1n) is 11.3. The molecule has 31 heavy (non-hydrogen) atoms. The van der Waals surface area contributed by atoms with E-state index in [1.165, 1.54) is 5.56 Å². The van der Waals surface area contributed by atoms with E-state index in [2.05, 4.69) is 54.2 Å². The highest BCUT2D eigenvalue weighted by molar-refractivity contribution is 7.73. The number of thiol groups is 1. The van der Waals surface area contributed by atoms with Crippen LogP contribution in [0, 0.1) is 5.92 Å². The molecule has 0 radical (unpaired) electrons. The molecule has 1 unspecified atom stereocenters. The maximum absolute atomic E-state index is 13.4. The summed E-state index contributed by atoms with van der Waals surface area (Å²) in [5, 5.41) is -0.531. The Morgan fingerprint density at radius 3 is 2.29 bits per heavy atom. The van der Waals surface area contributed by atoms with E-state index < -0.39 is 16.0 Å². The van der Waals surface area contributed by atoms with Crippen LogP contribution in [0.15, 0.2) is 30.3 Å². The van der Waals surface area contributed by atoms with E-state index in [4.69, 9.17) is 4.74 Å². The minimum atomic E-state index is -2.54. The van der Waals surface area contributed by atoms with Crippen molar-refractivity contribution in [1.82, 2.24) is 14.7 Å². The lowest BCUT2D eigenvalue weighted by Crippen LogP contribution is -2.57. The normalized spacial score (nSPS) is 30.4. The maximum Gasteiger partial charge on any atom is 0.320 e. The van der Waals surface area contributed by atoms with Gasteiger partial charge in [0.1, 0.15) is 10.7 Å². The summed E-state index contributed by atoms with van der Waals surface area (Å²) in [7, 11) is 1.75. The van der Waals surface area contributed by atoms with Crippen LogP contribution in [0.5, 0.6) is 0 Å². The smallest absolute Gasteiger partial charge is 0.320 e. The van der Waals surface area contributed by atoms with E-state index in [0.717, 1.165) is 25.7 Å². The van der Waals surface area contributed by atoms with Gasteiger partial charge in [-0.1, -0.05) is 30.3 Å². The highest BCUT2D eigenvalue weighted by Gasteiger charge is 2.55. The number of hydrogen-bond acceptors (Lipinski definition) is 5. The maximum atomic E-state index is 13.4. The molecule has 1 aromatic carbocycles. The Kier molecular flexibility index (Phi) is 6.34. The van der Waals surface area contributed by atoms with Gasteiger partial charge in [-0.15, -0.1) is 0 Å². The lowest BCUT2D eigenvalue weighted by atomic mass is 9.68. The molecule has 2 amide bonds. The number of hydrogen-bond donors (Lipinski definition) is 1. The van der Waals surface area contributed by atoms with Gasteiger partial charge >= 0.3 is 6.03 Å². The molecule has 172 valence electrons. The summed E-state index contributed by atoms with van der Waals surface area (Å²) in [6, 6.07) is 10.7. The summed E-state index contributed by atoms with van der Waals surface area (Å²) in [4.78, 5) is 19.6. The zero-order valence-electron chi connectivity index (χ0n) is 18.8. The Hall–Kier alpha value is -1.64. The van der Waals surface area contributed by atoms with Crippen molar-refractivity contribution in [2.24, 2.45) is 5.92 Å². The largest absolute Gasteiger partial charge is 0.381 e. The zero-order chi connectivity index (χ0) is 22.2. The number of nitrogens with zero attached hydrogens (tertiary/aromatic N) is 3. The summed E-state index contributed by atoms with van der Waals surface area (Å²) in [6.07, 6.45) is 3.75. The summed E-state index contributed by atoms with van der Waals surface area (Å²) in [5.41, 5.74) is 1.06. The fraction of sp³-hybridized carbons (Fsp3) is 0.696. The van der Waals surface area contributed by atoms with Crippen molar-refractivity contribution in [1.29, 1.82) is 0 Å². The average Bonchev–Trinajstić information content (AvgIpc) is 2.96. The quantitative estimate of drug-likeness (QED) is 0.646. The number of ether oxygens (including phenoxy) is 1. The standard InChI is InChI=1S/C23H35N3O4S/c1-18(31(28)29)13-25-17-22(26(21(25)27)14-19-15-30-16-19)9-11-23(12-10-22,24(2)3)20-7-5-4-6-8-20/h4-8,18-19,31H,9-17H2,1-3H3. The van der Waals surface area contributed by atoms with Gasteiger partial charge in [-0.2, -0.15) is 0 Å². The molecule has 2 saturated heterocycles. The average molecular weight is 450 g/mol. The second kappa shape index (κ2) is 8.71. The summed E-state index contributed by atoms with van der Waals surface area (Å²) >= 11 is 0. The van der Waals surface area contributed by atoms with Crippen LogP contribution >= 0.6 is 0 Å². The Labute approximate surface area is 187 Å². The molecule has 1 aliphatic carbocycles. The molecule has 0 N–H and O–H groups in total. The van der Waals surface area contributed by atoms with Gasteiger partial charge in [0, 0.05) is 31.1 Å². The van der Waals surface area contributed by atoms with Crippen LogP contribution in [0.25, 0.3) is 0 Å². The highest BCUT2D eigenvalue weighted by Crippen LogP contribution is 2.49. The van der Waals surface area contributed by atoms with Crippen molar-refractivity contribution < 1.29 is 17.9 Å². The predicted octanol–water partition coefficient (Wildman–Crippen LogP) is 2.14. The first-order valence-corrected chi connectivity index (χ1v) is 12.5. The van der Waals surface area contributed by atoms with E-state index in [0.29, 0.717) is 32.2 Å². The van der Waals surface area contributed by atoms with Crippen LogP contribution in [-0.2, 0) is 21.0 Å². The molecule has 1 atom stereocenters. The van der Waals surface area contributed by atoms with Crippen LogP contribution in [0.2, 0.25) is 0 Å². The minimum absolute atomic E-state index is 0.00679. The van der Waals surface area contributed by atoms with E-state index in [9.17, 15) is 13.2 Å². The molecule has 2 aliphatic heterocycles. The van der Waals surface area contributed by atoms with Gasteiger partial charge in [-0.05, 0) is 52.3 Å².